The molecule has 5 heterocycles. The molecule has 11 nitrogen and oxygen atoms in total. The van der Waals surface area contributed by atoms with Crippen LogP contribution in [0.3, 0.4) is 0 Å². The van der Waals surface area contributed by atoms with Gasteiger partial charge in [-0.1, -0.05) is 47.5 Å². The Balaban J connectivity index is 1.10. The Bertz CT molecular complexity index is 1970. The number of anilines is 3. The fraction of sp³-hybridized carbons (Fsp3) is 0.294. The molecule has 0 radical (unpaired) electrons. The molecule has 2 aliphatic heterocycles. The fourth-order valence-corrected chi connectivity index (χ4v) is 7.08. The molecule has 3 aromatic heterocycles. The molecule has 5 aromatic rings. The van der Waals surface area contributed by atoms with Crippen LogP contribution >= 0.6 is 23.2 Å². The molecule has 2 N–H and O–H groups in total. The van der Waals surface area contributed by atoms with E-state index in [-0.39, 0.29) is 23.8 Å². The summed E-state index contributed by atoms with van der Waals surface area (Å²) in [6, 6.07) is 14.8. The molecule has 7 rings (SSSR count). The third-order valence-electron chi connectivity index (χ3n) is 8.91. The maximum atomic E-state index is 13.5. The predicted octanol–water partition coefficient (Wildman–Crippen LogP) is 6.91. The molecule has 0 spiro atoms. The number of amides is 1. The van der Waals surface area contributed by atoms with Crippen molar-refractivity contribution in [3.05, 3.63) is 88.6 Å². The lowest BCUT2D eigenvalue weighted by atomic mass is 9.93. The smallest absolute Gasteiger partial charge is 0.308 e. The van der Waals surface area contributed by atoms with Crippen molar-refractivity contribution < 1.29 is 14.3 Å². The number of halogens is 2. The quantitative estimate of drug-likeness (QED) is 0.178. The number of fused-ring (bicyclic) bond motifs is 2. The summed E-state index contributed by atoms with van der Waals surface area (Å²) in [4.78, 5) is 41.1. The number of likely N-dealkylation sites (tertiary alicyclic amines) is 1. The number of hydrogen-bond acceptors (Lipinski definition) is 9. The summed E-state index contributed by atoms with van der Waals surface area (Å²) >= 11 is 13.8. The van der Waals surface area contributed by atoms with Crippen molar-refractivity contribution in [2.45, 2.75) is 38.3 Å². The standard InChI is InChI=1S/C34H32Cl2N8O3/c1-47-34(46)20-11-17-43(18-12-20)27-9-4-16-44-28(27)19-26(42-44)33(45)41-24-8-3-6-22(30(24)36)21-5-2-7-23(29(21)35)40-32-31-25(10-13-39-32)37-14-15-38-31/h2-3,5-8,10,13-15,19-20,27H,4,9,11-12,16-18H2,1H3,(H,39,40)(H,41,45)/t27-/m1/s1. The number of esters is 1. The summed E-state index contributed by atoms with van der Waals surface area (Å²) in [5.41, 5.74) is 5.07. The molecule has 0 bridgehead atoms. The van der Waals surface area contributed by atoms with E-state index in [1.165, 1.54) is 7.11 Å². The van der Waals surface area contributed by atoms with Crippen LogP contribution in [0.15, 0.2) is 67.1 Å². The molecule has 2 aliphatic rings. The lowest BCUT2D eigenvalue weighted by Crippen LogP contribution is -2.40. The van der Waals surface area contributed by atoms with Gasteiger partial charge in [0.25, 0.3) is 5.91 Å². The maximum Gasteiger partial charge on any atom is 0.308 e. The molecule has 2 aromatic carbocycles. The van der Waals surface area contributed by atoms with Gasteiger partial charge >= 0.3 is 5.97 Å². The number of rotatable bonds is 7. The Morgan fingerprint density at radius 3 is 2.36 bits per heavy atom. The first-order valence-electron chi connectivity index (χ1n) is 15.5. The highest BCUT2D eigenvalue weighted by Gasteiger charge is 2.33. The number of hydrogen-bond donors (Lipinski definition) is 2. The van der Waals surface area contributed by atoms with Gasteiger partial charge in [-0.3, -0.25) is 24.2 Å². The lowest BCUT2D eigenvalue weighted by molar-refractivity contribution is -0.147. The normalized spacial score (nSPS) is 16.9. The summed E-state index contributed by atoms with van der Waals surface area (Å²) < 4.78 is 6.88. The van der Waals surface area contributed by atoms with Gasteiger partial charge in [0.1, 0.15) is 5.52 Å². The summed E-state index contributed by atoms with van der Waals surface area (Å²) in [6.45, 7) is 2.34. The zero-order valence-corrected chi connectivity index (χ0v) is 27.1. The zero-order valence-electron chi connectivity index (χ0n) is 25.6. The minimum absolute atomic E-state index is 0.0590. The van der Waals surface area contributed by atoms with Crippen LogP contribution in [0, 0.1) is 5.92 Å². The topological polar surface area (TPSA) is 127 Å². The van der Waals surface area contributed by atoms with Crippen LogP contribution in [0.1, 0.15) is 47.9 Å². The molecule has 1 atom stereocenters. The SMILES string of the molecule is COC(=O)C1CCN([C@@H]2CCCn3nc(C(=O)Nc4cccc(-c5cccc(Nc6nccc7nccnc67)c5Cl)c4Cl)cc32)CC1. The number of piperidine rings is 1. The Labute approximate surface area is 281 Å². The Morgan fingerprint density at radius 2 is 1.60 bits per heavy atom. The van der Waals surface area contributed by atoms with Crippen LogP contribution in [0.25, 0.3) is 22.2 Å². The van der Waals surface area contributed by atoms with Crippen LogP contribution < -0.4 is 10.6 Å². The van der Waals surface area contributed by atoms with Crippen molar-refractivity contribution in [2.75, 3.05) is 30.8 Å². The molecule has 0 unspecified atom stereocenters. The highest BCUT2D eigenvalue weighted by atomic mass is 35.5. The number of aryl methyl sites for hydroxylation is 1. The Morgan fingerprint density at radius 1 is 0.872 bits per heavy atom. The fourth-order valence-electron chi connectivity index (χ4n) is 6.53. The first-order chi connectivity index (χ1) is 22.9. The van der Waals surface area contributed by atoms with Crippen LogP contribution in [0.4, 0.5) is 17.2 Å². The monoisotopic (exact) mass is 670 g/mol. The highest BCUT2D eigenvalue weighted by Crippen LogP contribution is 2.41. The summed E-state index contributed by atoms with van der Waals surface area (Å²) in [5.74, 6) is -0.0207. The van der Waals surface area contributed by atoms with Crippen LogP contribution in [-0.2, 0) is 16.1 Å². The van der Waals surface area contributed by atoms with Crippen LogP contribution in [0.2, 0.25) is 10.0 Å². The summed E-state index contributed by atoms with van der Waals surface area (Å²) in [7, 11) is 1.44. The number of pyridine rings is 1. The van der Waals surface area contributed by atoms with Crippen molar-refractivity contribution in [3.63, 3.8) is 0 Å². The van der Waals surface area contributed by atoms with Gasteiger partial charge in [0.15, 0.2) is 11.5 Å². The molecular weight excluding hydrogens is 639 g/mol. The average Bonchev–Trinajstić information content (AvgIpc) is 3.55. The van der Waals surface area contributed by atoms with Crippen molar-refractivity contribution in [2.24, 2.45) is 5.92 Å². The number of nitrogens with zero attached hydrogens (tertiary/aromatic N) is 6. The molecule has 240 valence electrons. The van der Waals surface area contributed by atoms with Gasteiger partial charge in [-0.05, 0) is 63.0 Å². The Kier molecular flexibility index (Phi) is 8.76. The second-order valence-electron chi connectivity index (χ2n) is 11.7. The maximum absolute atomic E-state index is 13.5. The molecule has 1 saturated heterocycles. The number of carbonyl (C=O) groups is 2. The molecule has 1 amide bonds. The van der Waals surface area contributed by atoms with Crippen LogP contribution in [-0.4, -0.2) is 61.7 Å². The van der Waals surface area contributed by atoms with E-state index in [9.17, 15) is 9.59 Å². The second-order valence-corrected chi connectivity index (χ2v) is 12.4. The predicted molar refractivity (Wildman–Crippen MR) is 181 cm³/mol. The minimum atomic E-state index is -0.348. The number of aromatic nitrogens is 5. The molecule has 0 saturated carbocycles. The van der Waals surface area contributed by atoms with Gasteiger partial charge in [0, 0.05) is 36.3 Å². The van der Waals surface area contributed by atoms with Crippen molar-refractivity contribution in [1.82, 2.24) is 29.6 Å². The van der Waals surface area contributed by atoms with Crippen molar-refractivity contribution >= 4 is 63.3 Å². The number of ether oxygens (including phenoxy) is 1. The lowest BCUT2D eigenvalue weighted by Gasteiger charge is -2.38. The first kappa shape index (κ1) is 31.0. The van der Waals surface area contributed by atoms with Gasteiger partial charge in [-0.15, -0.1) is 0 Å². The molecular formula is C34H32Cl2N8O3. The molecule has 47 heavy (non-hydrogen) atoms. The van der Waals surface area contributed by atoms with E-state index in [2.05, 4.69) is 35.6 Å². The van der Waals surface area contributed by atoms with E-state index in [0.29, 0.717) is 55.1 Å². The van der Waals surface area contributed by atoms with Crippen LogP contribution in [0.5, 0.6) is 0 Å². The highest BCUT2D eigenvalue weighted by molar-refractivity contribution is 6.39. The van der Waals surface area contributed by atoms with Gasteiger partial charge in [-0.25, -0.2) is 9.97 Å². The summed E-state index contributed by atoms with van der Waals surface area (Å²) in [6.07, 6.45) is 8.36. The van der Waals surface area contributed by atoms with E-state index in [0.717, 1.165) is 51.0 Å². The third kappa shape index (κ3) is 6.14. The average molecular weight is 672 g/mol. The van der Waals surface area contributed by atoms with Gasteiger partial charge in [0.2, 0.25) is 0 Å². The van der Waals surface area contributed by atoms with E-state index >= 15 is 0 Å². The van der Waals surface area contributed by atoms with E-state index in [1.54, 1.807) is 30.7 Å². The summed E-state index contributed by atoms with van der Waals surface area (Å²) in [5, 5.41) is 11.7. The molecule has 13 heteroatoms. The van der Waals surface area contributed by atoms with Gasteiger partial charge in [0.05, 0.1) is 51.7 Å². The molecule has 1 fully saturated rings. The minimum Gasteiger partial charge on any atom is -0.469 e. The van der Waals surface area contributed by atoms with Crippen molar-refractivity contribution in [1.29, 1.82) is 0 Å². The zero-order chi connectivity index (χ0) is 32.5. The first-order valence-corrected chi connectivity index (χ1v) is 16.3. The van der Waals surface area contributed by atoms with Gasteiger partial charge in [-0.2, -0.15) is 5.10 Å². The number of benzene rings is 2. The number of carbonyl (C=O) groups excluding carboxylic acids is 2. The molecule has 0 aliphatic carbocycles. The second kappa shape index (κ2) is 13.3. The van der Waals surface area contributed by atoms with E-state index in [1.807, 2.05) is 41.1 Å². The third-order valence-corrected chi connectivity index (χ3v) is 9.73. The Hall–Kier alpha value is -4.58. The van der Waals surface area contributed by atoms with E-state index in [4.69, 9.17) is 27.9 Å². The number of methoxy groups -OCH3 is 1. The van der Waals surface area contributed by atoms with Crippen molar-refractivity contribution in [3.8, 4) is 11.1 Å². The van der Waals surface area contributed by atoms with Gasteiger partial charge < -0.3 is 15.4 Å². The number of nitrogens with one attached hydrogen (secondary N) is 2. The largest absolute Gasteiger partial charge is 0.469 e. The van der Waals surface area contributed by atoms with E-state index < -0.39 is 0 Å².